The number of hydrogen-bond acceptors (Lipinski definition) is 8. The minimum atomic E-state index is -1.99. The van der Waals surface area contributed by atoms with Crippen LogP contribution in [0.3, 0.4) is 0 Å². The molecule has 2 atom stereocenters. The molecule has 1 amide bonds. The number of ether oxygens (including phenoxy) is 1. The number of fused-ring (bicyclic) bond motifs is 5. The van der Waals surface area contributed by atoms with Gasteiger partial charge in [0.2, 0.25) is 5.91 Å². The average molecular weight is 516 g/mol. The van der Waals surface area contributed by atoms with Gasteiger partial charge >= 0.3 is 5.97 Å². The van der Waals surface area contributed by atoms with Crippen LogP contribution in [0.5, 0.6) is 0 Å². The van der Waals surface area contributed by atoms with Crippen LogP contribution >= 0.6 is 0 Å². The Kier molecular flexibility index (Phi) is 5.77. The molecule has 5 rings (SSSR count). The molecule has 0 radical (unpaired) electrons. The Balaban J connectivity index is 1.80. The first-order valence-electron chi connectivity index (χ1n) is 11.1. The molecule has 0 saturated heterocycles. The highest BCUT2D eigenvalue weighted by Gasteiger charge is 2.45. The van der Waals surface area contributed by atoms with E-state index in [2.05, 4.69) is 10.3 Å². The molecule has 1 aromatic carbocycles. The number of esters is 1. The molecule has 3 aromatic rings. The predicted octanol–water partition coefficient (Wildman–Crippen LogP) is 0.565. The second-order valence-corrected chi connectivity index (χ2v) is 10.1. The fourth-order valence-corrected chi connectivity index (χ4v) is 5.45. The third-order valence-electron chi connectivity index (χ3n) is 6.78. The smallest absolute Gasteiger partial charge is 0.343 e. The second kappa shape index (κ2) is 8.57. The van der Waals surface area contributed by atoms with Crippen molar-refractivity contribution in [1.29, 1.82) is 0 Å². The van der Waals surface area contributed by atoms with E-state index in [1.54, 1.807) is 6.92 Å². The van der Waals surface area contributed by atoms with Crippen LogP contribution in [-0.4, -0.2) is 48.7 Å². The lowest BCUT2D eigenvalue weighted by atomic mass is 9.86. The lowest BCUT2D eigenvalue weighted by molar-refractivity contribution is -0.172. The summed E-state index contributed by atoms with van der Waals surface area (Å²) in [4.78, 5) is 42.2. The van der Waals surface area contributed by atoms with Gasteiger partial charge in [0.15, 0.2) is 5.60 Å². The van der Waals surface area contributed by atoms with E-state index in [0.29, 0.717) is 27.9 Å². The summed E-state index contributed by atoms with van der Waals surface area (Å²) in [6, 6.07) is 4.09. The molecule has 2 aromatic heterocycles. The minimum Gasteiger partial charge on any atom is -0.458 e. The zero-order chi connectivity index (χ0) is 25.9. The number of halogens is 1. The Labute approximate surface area is 206 Å². The highest BCUT2D eigenvalue weighted by atomic mass is 32.2. The fraction of sp³-hybridized carbons (Fsp3) is 0.333. The maximum Gasteiger partial charge on any atom is 0.343 e. The maximum atomic E-state index is 14.7. The Morgan fingerprint density at radius 2 is 2.06 bits per heavy atom. The van der Waals surface area contributed by atoms with Gasteiger partial charge < -0.3 is 24.8 Å². The van der Waals surface area contributed by atoms with E-state index in [0.717, 1.165) is 6.07 Å². The summed E-state index contributed by atoms with van der Waals surface area (Å²) in [5.74, 6) is -2.20. The van der Waals surface area contributed by atoms with Gasteiger partial charge in [0.05, 0.1) is 44.7 Å². The van der Waals surface area contributed by atoms with Gasteiger partial charge in [-0.2, -0.15) is 0 Å². The number of rotatable bonds is 5. The normalized spacial score (nSPS) is 18.9. The molecule has 3 N–H and O–H groups in total. The number of nitrogens with zero attached hydrogens (tertiary/aromatic N) is 2. The van der Waals surface area contributed by atoms with E-state index in [-0.39, 0.29) is 47.7 Å². The molecule has 0 aliphatic carbocycles. The first kappa shape index (κ1) is 24.2. The Morgan fingerprint density at radius 1 is 1.31 bits per heavy atom. The minimum absolute atomic E-state index is 0.0136. The summed E-state index contributed by atoms with van der Waals surface area (Å²) in [5.41, 5.74) is -0.210. The monoisotopic (exact) mass is 515 g/mol. The Morgan fingerprint density at radius 3 is 2.72 bits per heavy atom. The summed E-state index contributed by atoms with van der Waals surface area (Å²) in [7, 11) is -1.64. The molecular weight excluding hydrogens is 493 g/mol. The first-order chi connectivity index (χ1) is 17.1. The summed E-state index contributed by atoms with van der Waals surface area (Å²) in [5, 5.41) is 23.2. The molecule has 2 aliphatic heterocycles. The van der Waals surface area contributed by atoms with Crippen molar-refractivity contribution >= 4 is 33.6 Å². The lowest BCUT2D eigenvalue weighted by Crippen LogP contribution is -2.44. The van der Waals surface area contributed by atoms with Gasteiger partial charge in [0.25, 0.3) is 5.56 Å². The van der Waals surface area contributed by atoms with Gasteiger partial charge in [0, 0.05) is 35.4 Å². The molecule has 0 spiro atoms. The molecule has 10 nitrogen and oxygen atoms in total. The average Bonchev–Trinajstić information content (AvgIpc) is 3.22. The van der Waals surface area contributed by atoms with E-state index in [1.165, 1.54) is 23.0 Å². The zero-order valence-electron chi connectivity index (χ0n) is 19.4. The third-order valence-corrected chi connectivity index (χ3v) is 7.71. The highest BCUT2D eigenvalue weighted by Crippen LogP contribution is 2.40. The fourth-order valence-electron chi connectivity index (χ4n) is 4.83. The summed E-state index contributed by atoms with van der Waals surface area (Å²) in [6.07, 6.45) is 1.33. The number of cyclic esters (lactones) is 1. The van der Waals surface area contributed by atoms with Crippen LogP contribution in [0, 0.1) is 5.82 Å². The van der Waals surface area contributed by atoms with Gasteiger partial charge in [-0.25, -0.2) is 14.2 Å². The zero-order valence-corrected chi connectivity index (χ0v) is 20.2. The van der Waals surface area contributed by atoms with Crippen molar-refractivity contribution < 1.29 is 33.1 Å². The Hall–Kier alpha value is -3.48. The standard InChI is InChI=1S/C24H22FN3O7S/c1-3-24(33)15-5-18-21-13(8-28(18)22(31)14(15)10-35-23(24)32)12(7-26-20(30)9-29)11-4-19(36(2)34)16(25)6-17(11)27-21/h4-6,29,33H,3,7-10H2,1-2H3,(H,26,30)/t24-,36-/m0/s1. The van der Waals surface area contributed by atoms with E-state index in [4.69, 9.17) is 9.84 Å². The van der Waals surface area contributed by atoms with Gasteiger partial charge in [0.1, 0.15) is 19.0 Å². The third kappa shape index (κ3) is 3.47. The topological polar surface area (TPSA) is 148 Å². The first-order valence-corrected chi connectivity index (χ1v) is 12.7. The van der Waals surface area contributed by atoms with Crippen LogP contribution in [0.15, 0.2) is 27.9 Å². The van der Waals surface area contributed by atoms with Crippen LogP contribution in [-0.2, 0) is 50.4 Å². The van der Waals surface area contributed by atoms with Crippen molar-refractivity contribution in [2.75, 3.05) is 12.9 Å². The van der Waals surface area contributed by atoms with Crippen molar-refractivity contribution in [2.45, 2.75) is 43.5 Å². The number of hydrogen-bond donors (Lipinski definition) is 3. The van der Waals surface area contributed by atoms with E-state index in [9.17, 15) is 28.1 Å². The predicted molar refractivity (Wildman–Crippen MR) is 126 cm³/mol. The van der Waals surface area contributed by atoms with Crippen LogP contribution in [0.2, 0.25) is 0 Å². The molecular formula is C24H22FN3O7S. The molecule has 12 heteroatoms. The summed E-state index contributed by atoms with van der Waals surface area (Å²) >= 11 is 0. The van der Waals surface area contributed by atoms with Crippen LogP contribution in [0.1, 0.15) is 35.6 Å². The van der Waals surface area contributed by atoms with Crippen molar-refractivity contribution in [3.63, 3.8) is 0 Å². The second-order valence-electron chi connectivity index (χ2n) is 8.71. The summed E-state index contributed by atoms with van der Waals surface area (Å²) in [6.45, 7) is 0.578. The van der Waals surface area contributed by atoms with Crippen LogP contribution in [0.4, 0.5) is 4.39 Å². The van der Waals surface area contributed by atoms with Crippen molar-refractivity contribution in [3.8, 4) is 11.4 Å². The molecule has 4 heterocycles. The number of aliphatic hydroxyl groups is 2. The number of amides is 1. The lowest BCUT2D eigenvalue weighted by Gasteiger charge is -2.31. The number of carbonyl (C=O) groups is 2. The molecule has 188 valence electrons. The molecule has 0 fully saturated rings. The van der Waals surface area contributed by atoms with Crippen molar-refractivity contribution in [2.24, 2.45) is 0 Å². The number of benzene rings is 1. The highest BCUT2D eigenvalue weighted by molar-refractivity contribution is 7.84. The molecule has 2 aliphatic rings. The van der Waals surface area contributed by atoms with Gasteiger partial charge in [-0.05, 0) is 24.1 Å². The van der Waals surface area contributed by atoms with Crippen molar-refractivity contribution in [1.82, 2.24) is 14.9 Å². The molecule has 0 saturated carbocycles. The summed E-state index contributed by atoms with van der Waals surface area (Å²) < 4.78 is 33.3. The molecule has 36 heavy (non-hydrogen) atoms. The largest absolute Gasteiger partial charge is 0.458 e. The van der Waals surface area contributed by atoms with Crippen LogP contribution < -0.4 is 10.9 Å². The SMILES string of the molecule is CC[C@@]1(O)C(=O)OCc2c1cc1n(c2=O)Cc2c-1nc1cc(F)c([S@](C)=O)cc1c2CNC(=O)CO. The number of aromatic nitrogens is 2. The van der Waals surface area contributed by atoms with Crippen molar-refractivity contribution in [3.05, 3.63) is 56.6 Å². The van der Waals surface area contributed by atoms with Gasteiger partial charge in [-0.3, -0.25) is 13.8 Å². The van der Waals surface area contributed by atoms with Crippen LogP contribution in [0.25, 0.3) is 22.3 Å². The number of carbonyl (C=O) groups excluding carboxylic acids is 2. The number of aliphatic hydroxyl groups excluding tert-OH is 1. The van der Waals surface area contributed by atoms with E-state index >= 15 is 0 Å². The Bertz CT molecular complexity index is 1570. The maximum absolute atomic E-state index is 14.7. The molecule has 0 bridgehead atoms. The quantitative estimate of drug-likeness (QED) is 0.327. The van der Waals surface area contributed by atoms with Gasteiger partial charge in [-0.1, -0.05) is 6.92 Å². The number of pyridine rings is 2. The van der Waals surface area contributed by atoms with E-state index < -0.39 is 46.3 Å². The molecule has 0 unspecified atom stereocenters. The number of nitrogens with one attached hydrogen (secondary N) is 1. The van der Waals surface area contributed by atoms with Gasteiger partial charge in [-0.15, -0.1) is 0 Å². The van der Waals surface area contributed by atoms with E-state index in [1.807, 2.05) is 0 Å².